The van der Waals surface area contributed by atoms with Gasteiger partial charge in [-0.2, -0.15) is 31.3 Å². The Balaban J connectivity index is 2.15. The van der Waals surface area contributed by atoms with Crippen LogP contribution in [0, 0.1) is 6.92 Å². The van der Waals surface area contributed by atoms with Gasteiger partial charge in [0.2, 0.25) is 5.88 Å². The van der Waals surface area contributed by atoms with E-state index in [0.717, 1.165) is 10.5 Å². The Kier molecular flexibility index (Phi) is 4.52. The zero-order valence-corrected chi connectivity index (χ0v) is 13.7. The van der Waals surface area contributed by atoms with Crippen molar-refractivity contribution in [3.05, 3.63) is 34.0 Å². The van der Waals surface area contributed by atoms with Crippen LogP contribution in [0.5, 0.6) is 5.88 Å². The molecule has 3 aromatic heterocycles. The van der Waals surface area contributed by atoms with Gasteiger partial charge >= 0.3 is 12.4 Å². The average molecular weight is 394 g/mol. The highest BCUT2D eigenvalue weighted by Crippen LogP contribution is 2.25. The second kappa shape index (κ2) is 6.43. The lowest BCUT2D eigenvalue weighted by Crippen LogP contribution is -2.20. The van der Waals surface area contributed by atoms with Gasteiger partial charge in [-0.05, 0) is 13.0 Å². The predicted molar refractivity (Wildman–Crippen MR) is 81.8 cm³/mol. The van der Waals surface area contributed by atoms with Crippen molar-refractivity contribution in [3.63, 3.8) is 0 Å². The van der Waals surface area contributed by atoms with E-state index >= 15 is 0 Å². The average Bonchev–Trinajstić information content (AvgIpc) is 2.87. The molecule has 27 heavy (non-hydrogen) atoms. The summed E-state index contributed by atoms with van der Waals surface area (Å²) < 4.78 is 80.4. The molecule has 12 heteroatoms. The Hall–Kier alpha value is -2.79. The van der Waals surface area contributed by atoms with E-state index in [-0.39, 0.29) is 34.1 Å². The predicted octanol–water partition coefficient (Wildman–Crippen LogP) is 3.32. The second-order valence-electron chi connectivity index (χ2n) is 5.79. The van der Waals surface area contributed by atoms with Crippen LogP contribution >= 0.6 is 0 Å². The number of aromatic nitrogens is 4. The van der Waals surface area contributed by atoms with Gasteiger partial charge < -0.3 is 9.72 Å². The number of alkyl halides is 6. The summed E-state index contributed by atoms with van der Waals surface area (Å²) >= 11 is 0. The molecule has 0 aliphatic carbocycles. The lowest BCUT2D eigenvalue weighted by molar-refractivity contribution is -0.154. The van der Waals surface area contributed by atoms with Crippen molar-refractivity contribution in [1.29, 1.82) is 0 Å². The van der Waals surface area contributed by atoms with Crippen molar-refractivity contribution in [1.82, 2.24) is 19.4 Å². The molecule has 0 radical (unpaired) electrons. The van der Waals surface area contributed by atoms with E-state index in [1.807, 2.05) is 0 Å². The molecule has 0 atom stereocenters. The Morgan fingerprint density at radius 3 is 2.44 bits per heavy atom. The number of hydrogen-bond donors (Lipinski definition) is 1. The number of nitrogens with zero attached hydrogens (tertiary/aromatic N) is 3. The maximum Gasteiger partial charge on any atom is 0.422 e. The molecule has 3 rings (SSSR count). The van der Waals surface area contributed by atoms with Gasteiger partial charge in [-0.1, -0.05) is 0 Å². The first-order valence-electron chi connectivity index (χ1n) is 7.62. The molecule has 3 heterocycles. The maximum absolute atomic E-state index is 12.6. The fraction of sp³-hybridized carbons (Fsp3) is 0.400. The van der Waals surface area contributed by atoms with Crippen molar-refractivity contribution in [3.8, 4) is 5.88 Å². The number of H-pyrrole nitrogens is 1. The number of pyridine rings is 1. The number of aryl methyl sites for hydroxylation is 2. The van der Waals surface area contributed by atoms with Crippen LogP contribution in [0.3, 0.4) is 0 Å². The van der Waals surface area contributed by atoms with Gasteiger partial charge in [0.05, 0.1) is 17.6 Å². The van der Waals surface area contributed by atoms with Crippen LogP contribution in [-0.4, -0.2) is 38.3 Å². The van der Waals surface area contributed by atoms with Crippen molar-refractivity contribution in [2.24, 2.45) is 0 Å². The minimum atomic E-state index is -4.58. The number of nitrogens with one attached hydrogen (secondary N) is 1. The first kappa shape index (κ1) is 19.0. The van der Waals surface area contributed by atoms with Gasteiger partial charge in [-0.3, -0.25) is 9.20 Å². The summed E-state index contributed by atoms with van der Waals surface area (Å²) in [6, 6.07) is 2.38. The van der Waals surface area contributed by atoms with Crippen molar-refractivity contribution >= 4 is 16.7 Å². The van der Waals surface area contributed by atoms with Crippen LogP contribution in [0.1, 0.15) is 17.9 Å². The van der Waals surface area contributed by atoms with Crippen LogP contribution < -0.4 is 10.3 Å². The van der Waals surface area contributed by atoms with E-state index in [2.05, 4.69) is 19.7 Å². The Labute approximate surface area is 146 Å². The lowest BCUT2D eigenvalue weighted by Gasteiger charge is -2.10. The SMILES string of the molecule is Cc1nc(CCC(F)(F)F)n2c1c(=O)[nH]c1ccc(OCC(F)(F)F)nc12. The molecule has 0 fully saturated rings. The Morgan fingerprint density at radius 1 is 1.11 bits per heavy atom. The number of halogens is 6. The smallest absolute Gasteiger partial charge is 0.422 e. The second-order valence-corrected chi connectivity index (χ2v) is 5.79. The van der Waals surface area contributed by atoms with E-state index < -0.39 is 37.4 Å². The highest BCUT2D eigenvalue weighted by molar-refractivity contribution is 5.75. The zero-order valence-electron chi connectivity index (χ0n) is 13.7. The molecular weight excluding hydrogens is 382 g/mol. The van der Waals surface area contributed by atoms with E-state index in [4.69, 9.17) is 0 Å². The largest absolute Gasteiger partial charge is 0.468 e. The van der Waals surface area contributed by atoms with E-state index in [1.165, 1.54) is 13.0 Å². The summed E-state index contributed by atoms with van der Waals surface area (Å²) in [6.07, 6.45) is -10.7. The molecule has 0 bridgehead atoms. The van der Waals surface area contributed by atoms with Crippen molar-refractivity contribution < 1.29 is 31.1 Å². The summed E-state index contributed by atoms with van der Waals surface area (Å²) in [5.74, 6) is -0.460. The topological polar surface area (TPSA) is 72.3 Å². The van der Waals surface area contributed by atoms with Gasteiger partial charge in [0, 0.05) is 12.5 Å². The Morgan fingerprint density at radius 2 is 1.81 bits per heavy atom. The monoisotopic (exact) mass is 394 g/mol. The summed E-state index contributed by atoms with van der Waals surface area (Å²) in [5, 5.41) is 0. The molecule has 0 saturated carbocycles. The van der Waals surface area contributed by atoms with Crippen LogP contribution in [0.4, 0.5) is 26.3 Å². The van der Waals surface area contributed by atoms with E-state index in [0.29, 0.717) is 0 Å². The van der Waals surface area contributed by atoms with Gasteiger partial charge in [0.1, 0.15) is 11.3 Å². The molecule has 0 aromatic carbocycles. The van der Waals surface area contributed by atoms with E-state index in [9.17, 15) is 31.1 Å². The molecule has 6 nitrogen and oxygen atoms in total. The van der Waals surface area contributed by atoms with Gasteiger partial charge in [-0.15, -0.1) is 0 Å². The first-order valence-corrected chi connectivity index (χ1v) is 7.62. The minimum Gasteiger partial charge on any atom is -0.468 e. The third-order valence-electron chi connectivity index (χ3n) is 3.66. The summed E-state index contributed by atoms with van der Waals surface area (Å²) in [7, 11) is 0. The third-order valence-corrected chi connectivity index (χ3v) is 3.66. The van der Waals surface area contributed by atoms with Crippen LogP contribution in [0.15, 0.2) is 16.9 Å². The molecular formula is C15H12F6N4O2. The fourth-order valence-electron chi connectivity index (χ4n) is 2.62. The number of fused-ring (bicyclic) bond motifs is 3. The number of hydrogen-bond acceptors (Lipinski definition) is 4. The minimum absolute atomic E-state index is 0.0276. The van der Waals surface area contributed by atoms with Crippen LogP contribution in [0.2, 0.25) is 0 Å². The van der Waals surface area contributed by atoms with Gasteiger partial charge in [0.15, 0.2) is 12.3 Å². The fourth-order valence-corrected chi connectivity index (χ4v) is 2.62. The summed E-state index contributed by atoms with van der Waals surface area (Å²) in [6.45, 7) is -0.139. The highest BCUT2D eigenvalue weighted by Gasteiger charge is 2.29. The maximum atomic E-state index is 12.6. The quantitative estimate of drug-likeness (QED) is 0.690. The molecule has 0 unspecified atom stereocenters. The molecule has 0 saturated heterocycles. The summed E-state index contributed by atoms with van der Waals surface area (Å²) in [4.78, 5) is 22.6. The normalized spacial score (nSPS) is 12.9. The number of aromatic amines is 1. The first-order chi connectivity index (χ1) is 12.4. The van der Waals surface area contributed by atoms with Crippen LogP contribution in [-0.2, 0) is 6.42 Å². The van der Waals surface area contributed by atoms with Gasteiger partial charge in [-0.25, -0.2) is 4.98 Å². The summed E-state index contributed by atoms with van der Waals surface area (Å²) in [5.41, 5.74) is -0.380. The molecule has 3 aromatic rings. The Bertz CT molecular complexity index is 1050. The van der Waals surface area contributed by atoms with E-state index in [1.54, 1.807) is 0 Å². The molecule has 0 aliphatic heterocycles. The lowest BCUT2D eigenvalue weighted by atomic mass is 10.3. The van der Waals surface area contributed by atoms with Crippen LogP contribution in [0.25, 0.3) is 16.7 Å². The molecule has 0 aliphatic rings. The number of rotatable bonds is 4. The molecule has 1 N–H and O–H groups in total. The van der Waals surface area contributed by atoms with Crippen molar-refractivity contribution in [2.75, 3.05) is 6.61 Å². The molecule has 146 valence electrons. The van der Waals surface area contributed by atoms with Crippen molar-refractivity contribution in [2.45, 2.75) is 32.1 Å². The number of ether oxygens (including phenoxy) is 1. The van der Waals surface area contributed by atoms with Gasteiger partial charge in [0.25, 0.3) is 5.56 Å². The molecule has 0 amide bonds. The number of imidazole rings is 1. The molecule has 0 spiro atoms. The third kappa shape index (κ3) is 4.14. The standard InChI is InChI=1S/C15H12F6N4O2/c1-7-11-13(26)23-8-2-3-10(27-6-15(19,20)21)24-12(8)25(11)9(22-7)4-5-14(16,17)18/h2-3H,4-6H2,1H3,(H,23,26). The zero-order chi connectivity index (χ0) is 20.0. The highest BCUT2D eigenvalue weighted by atomic mass is 19.4.